The Balaban J connectivity index is 1.53. The summed E-state index contributed by atoms with van der Waals surface area (Å²) >= 11 is 0. The van der Waals surface area contributed by atoms with Gasteiger partial charge >= 0.3 is 0 Å². The molecule has 1 aliphatic carbocycles. The van der Waals surface area contributed by atoms with Gasteiger partial charge in [-0.1, -0.05) is 41.9 Å². The average Bonchev–Trinajstić information content (AvgIpc) is 3.31. The molecule has 1 aromatic carbocycles. The maximum atomic E-state index is 5.61. The molecule has 0 unspecified atom stereocenters. The minimum Gasteiger partial charge on any atom is -0.356 e. The van der Waals surface area contributed by atoms with Crippen molar-refractivity contribution in [3.05, 3.63) is 53.9 Å². The molecule has 134 valence electrons. The highest BCUT2D eigenvalue weighted by Gasteiger charge is 2.27. The average molecular weight is 347 g/mol. The van der Waals surface area contributed by atoms with Crippen molar-refractivity contribution >= 4 is 0 Å². The first-order valence-corrected chi connectivity index (χ1v) is 9.84. The smallest absolute Gasteiger partial charge is 0.171 e. The largest absolute Gasteiger partial charge is 0.356 e. The van der Waals surface area contributed by atoms with E-state index in [1.54, 1.807) is 0 Å². The molecule has 0 spiro atoms. The van der Waals surface area contributed by atoms with Gasteiger partial charge < -0.3 is 14.0 Å². The van der Waals surface area contributed by atoms with Crippen LogP contribution in [0.5, 0.6) is 0 Å². The molecule has 1 aliphatic heterocycles. The van der Waals surface area contributed by atoms with Crippen LogP contribution in [0.2, 0.25) is 0 Å². The zero-order valence-electron chi connectivity index (χ0n) is 15.2. The van der Waals surface area contributed by atoms with Gasteiger partial charge in [0.05, 0.1) is 11.9 Å². The van der Waals surface area contributed by atoms with Crippen LogP contribution in [-0.4, -0.2) is 34.3 Å². The van der Waals surface area contributed by atoms with Gasteiger partial charge in [0.25, 0.3) is 0 Å². The first-order chi connectivity index (χ1) is 12.9. The fraction of sp³-hybridized carbons (Fsp3) is 0.409. The number of aromatic nitrogens is 2. The molecule has 2 aromatic heterocycles. The van der Waals surface area contributed by atoms with Gasteiger partial charge in [-0.05, 0) is 49.9 Å². The molecule has 0 radical (unpaired) electrons. The molecule has 3 aromatic rings. The molecule has 0 bridgehead atoms. The maximum Gasteiger partial charge on any atom is 0.171 e. The molecule has 0 amide bonds. The van der Waals surface area contributed by atoms with Crippen LogP contribution in [0.1, 0.15) is 30.4 Å². The third-order valence-electron chi connectivity index (χ3n) is 5.87. The first-order valence-electron chi connectivity index (χ1n) is 9.84. The Morgan fingerprint density at radius 1 is 0.962 bits per heavy atom. The second-order valence-electron chi connectivity index (χ2n) is 7.51. The van der Waals surface area contributed by atoms with Crippen LogP contribution in [0.25, 0.3) is 22.6 Å². The lowest BCUT2D eigenvalue weighted by molar-refractivity contribution is 0.221. The minimum atomic E-state index is 0.972. The summed E-state index contributed by atoms with van der Waals surface area (Å²) in [7, 11) is 0. The zero-order chi connectivity index (χ0) is 17.3. The van der Waals surface area contributed by atoms with Gasteiger partial charge in [-0.15, -0.1) is 0 Å². The zero-order valence-corrected chi connectivity index (χ0v) is 15.2. The molecular formula is C22H25N3O. The van der Waals surface area contributed by atoms with Crippen LogP contribution in [0.3, 0.4) is 0 Å². The van der Waals surface area contributed by atoms with Gasteiger partial charge in [-0.2, -0.15) is 0 Å². The summed E-state index contributed by atoms with van der Waals surface area (Å²) < 4.78 is 8.06. The molecule has 4 heteroatoms. The van der Waals surface area contributed by atoms with Gasteiger partial charge in [0.2, 0.25) is 0 Å². The van der Waals surface area contributed by atoms with Gasteiger partial charge in [0, 0.05) is 30.4 Å². The molecule has 1 fully saturated rings. The SMILES string of the molecule is c1ccc(-c2c3c(cn2CCN2CCCCC2)-c2oncc2CC3)cc1. The van der Waals surface area contributed by atoms with Crippen molar-refractivity contribution in [1.29, 1.82) is 0 Å². The van der Waals surface area contributed by atoms with E-state index < -0.39 is 0 Å². The van der Waals surface area contributed by atoms with E-state index in [0.717, 1.165) is 31.7 Å². The highest BCUT2D eigenvalue weighted by atomic mass is 16.5. The topological polar surface area (TPSA) is 34.2 Å². The molecule has 1 saturated heterocycles. The standard InChI is InChI=1S/C22H25N3O/c1-3-7-17(8-4-1)21-19-10-9-18-15-23-26-22(18)20(19)16-25(21)14-13-24-11-5-2-6-12-24/h1,3-4,7-8,15-16H,2,5-6,9-14H2. The molecule has 0 atom stereocenters. The number of piperidine rings is 1. The molecule has 2 aliphatic rings. The lowest BCUT2D eigenvalue weighted by Gasteiger charge is -2.27. The van der Waals surface area contributed by atoms with Crippen molar-refractivity contribution in [3.63, 3.8) is 0 Å². The summed E-state index contributed by atoms with van der Waals surface area (Å²) in [4.78, 5) is 2.61. The lowest BCUT2D eigenvalue weighted by Crippen LogP contribution is -2.32. The Morgan fingerprint density at radius 2 is 1.81 bits per heavy atom. The van der Waals surface area contributed by atoms with Crippen molar-refractivity contribution in [3.8, 4) is 22.6 Å². The van der Waals surface area contributed by atoms with E-state index in [1.165, 1.54) is 60.3 Å². The van der Waals surface area contributed by atoms with Crippen molar-refractivity contribution < 1.29 is 4.52 Å². The molecule has 5 rings (SSSR count). The highest BCUT2D eigenvalue weighted by molar-refractivity contribution is 5.78. The van der Waals surface area contributed by atoms with Gasteiger partial charge in [-0.3, -0.25) is 0 Å². The number of benzene rings is 1. The van der Waals surface area contributed by atoms with Crippen LogP contribution in [-0.2, 0) is 19.4 Å². The number of rotatable bonds is 4. The van der Waals surface area contributed by atoms with E-state index in [-0.39, 0.29) is 0 Å². The fourth-order valence-corrected chi connectivity index (χ4v) is 4.51. The molecule has 3 heterocycles. The normalized spacial score (nSPS) is 17.1. The van der Waals surface area contributed by atoms with Gasteiger partial charge in [-0.25, -0.2) is 0 Å². The second-order valence-corrected chi connectivity index (χ2v) is 7.51. The third kappa shape index (κ3) is 2.78. The van der Waals surface area contributed by atoms with E-state index in [1.807, 2.05) is 6.20 Å². The monoisotopic (exact) mass is 347 g/mol. The maximum absolute atomic E-state index is 5.61. The second kappa shape index (κ2) is 6.76. The predicted octanol–water partition coefficient (Wildman–Crippen LogP) is 4.39. The van der Waals surface area contributed by atoms with E-state index in [0.29, 0.717) is 0 Å². The summed E-state index contributed by atoms with van der Waals surface area (Å²) in [6, 6.07) is 10.8. The molecule has 0 N–H and O–H groups in total. The molecular weight excluding hydrogens is 322 g/mol. The van der Waals surface area contributed by atoms with Crippen LogP contribution in [0.15, 0.2) is 47.2 Å². The Bertz CT molecular complexity index is 888. The number of hydrogen-bond donors (Lipinski definition) is 0. The van der Waals surface area contributed by atoms with E-state index in [4.69, 9.17) is 4.52 Å². The molecule has 4 nitrogen and oxygen atoms in total. The number of hydrogen-bond acceptors (Lipinski definition) is 3. The van der Waals surface area contributed by atoms with Gasteiger partial charge in [0.15, 0.2) is 5.76 Å². The summed E-state index contributed by atoms with van der Waals surface area (Å²) in [6.45, 7) is 4.64. The van der Waals surface area contributed by atoms with E-state index in [2.05, 4.69) is 51.2 Å². The Labute approximate surface area is 154 Å². The van der Waals surface area contributed by atoms with Crippen molar-refractivity contribution in [2.24, 2.45) is 0 Å². The van der Waals surface area contributed by atoms with E-state index in [9.17, 15) is 0 Å². The number of aryl methyl sites for hydroxylation is 1. The van der Waals surface area contributed by atoms with Crippen LogP contribution >= 0.6 is 0 Å². The lowest BCUT2D eigenvalue weighted by atomic mass is 9.91. The summed E-state index contributed by atoms with van der Waals surface area (Å²) in [5.74, 6) is 0.972. The first kappa shape index (κ1) is 15.9. The fourth-order valence-electron chi connectivity index (χ4n) is 4.51. The van der Waals surface area contributed by atoms with Gasteiger partial charge in [0.1, 0.15) is 0 Å². The summed E-state index contributed by atoms with van der Waals surface area (Å²) in [6.07, 6.45) is 10.3. The van der Waals surface area contributed by atoms with Crippen LogP contribution < -0.4 is 0 Å². The summed E-state index contributed by atoms with van der Waals surface area (Å²) in [5.41, 5.74) is 6.56. The Hall–Kier alpha value is -2.33. The van der Waals surface area contributed by atoms with Crippen molar-refractivity contribution in [2.75, 3.05) is 19.6 Å². The highest BCUT2D eigenvalue weighted by Crippen LogP contribution is 2.40. The number of likely N-dealkylation sites (tertiary alicyclic amines) is 1. The van der Waals surface area contributed by atoms with E-state index >= 15 is 0 Å². The third-order valence-corrected chi connectivity index (χ3v) is 5.87. The Kier molecular flexibility index (Phi) is 4.13. The van der Waals surface area contributed by atoms with Crippen molar-refractivity contribution in [1.82, 2.24) is 14.6 Å². The number of nitrogens with zero attached hydrogens (tertiary/aromatic N) is 3. The molecule has 26 heavy (non-hydrogen) atoms. The Morgan fingerprint density at radius 3 is 2.65 bits per heavy atom. The quantitative estimate of drug-likeness (QED) is 0.702. The number of fused-ring (bicyclic) bond motifs is 3. The molecule has 0 saturated carbocycles. The van der Waals surface area contributed by atoms with Crippen LogP contribution in [0.4, 0.5) is 0 Å². The summed E-state index contributed by atoms with van der Waals surface area (Å²) in [5, 5.41) is 4.04. The van der Waals surface area contributed by atoms with Crippen LogP contribution in [0, 0.1) is 0 Å². The predicted molar refractivity (Wildman–Crippen MR) is 103 cm³/mol. The van der Waals surface area contributed by atoms with Crippen molar-refractivity contribution in [2.45, 2.75) is 38.6 Å². The minimum absolute atomic E-state index is 0.972.